The van der Waals surface area contributed by atoms with Crippen molar-refractivity contribution in [2.75, 3.05) is 0 Å². The average molecular weight is 637 g/mol. The van der Waals surface area contributed by atoms with E-state index >= 15 is 0 Å². The SMILES string of the molecule is c1ccc(-c2ccc(-n3c4ccccc4c4ccc5c6ccccc6n(-c6ncc7c8ccccc8c8ccccc8c7n6)c5c43)cc2)cc1. The Hall–Kier alpha value is -6.78. The van der Waals surface area contributed by atoms with Gasteiger partial charge in [-0.15, -0.1) is 0 Å². The van der Waals surface area contributed by atoms with Crippen LogP contribution in [-0.2, 0) is 0 Å². The molecule has 0 aliphatic carbocycles. The molecule has 0 atom stereocenters. The topological polar surface area (TPSA) is 35.6 Å². The minimum atomic E-state index is 0.660. The van der Waals surface area contributed by atoms with Crippen molar-refractivity contribution in [2.24, 2.45) is 0 Å². The highest BCUT2D eigenvalue weighted by Gasteiger charge is 2.22. The van der Waals surface area contributed by atoms with Gasteiger partial charge in [-0.1, -0.05) is 140 Å². The molecule has 3 heterocycles. The summed E-state index contributed by atoms with van der Waals surface area (Å²) in [5, 5.41) is 10.5. The molecule has 0 saturated heterocycles. The van der Waals surface area contributed by atoms with Crippen LogP contribution in [0.3, 0.4) is 0 Å². The minimum absolute atomic E-state index is 0.660. The fourth-order valence-electron chi connectivity index (χ4n) is 8.17. The number of hydrogen-bond acceptors (Lipinski definition) is 2. The molecule has 0 saturated carbocycles. The molecule has 4 heteroatoms. The Morgan fingerprint density at radius 3 is 1.48 bits per heavy atom. The maximum absolute atomic E-state index is 5.45. The zero-order chi connectivity index (χ0) is 32.8. The van der Waals surface area contributed by atoms with E-state index in [1.165, 1.54) is 43.4 Å². The van der Waals surface area contributed by atoms with Crippen molar-refractivity contribution in [3.63, 3.8) is 0 Å². The third-order valence-corrected chi connectivity index (χ3v) is 10.4. The predicted octanol–water partition coefficient (Wildman–Crippen LogP) is 11.8. The first kappa shape index (κ1) is 27.2. The van der Waals surface area contributed by atoms with Crippen molar-refractivity contribution >= 4 is 76.1 Å². The van der Waals surface area contributed by atoms with Gasteiger partial charge in [-0.2, -0.15) is 0 Å². The van der Waals surface area contributed by atoms with E-state index in [1.807, 2.05) is 6.20 Å². The maximum atomic E-state index is 5.45. The Bertz CT molecular complexity index is 3100. The molecule has 0 spiro atoms. The van der Waals surface area contributed by atoms with Crippen molar-refractivity contribution < 1.29 is 0 Å². The minimum Gasteiger partial charge on any atom is -0.307 e. The molecule has 0 amide bonds. The molecule has 11 aromatic rings. The normalized spacial score (nSPS) is 12.0. The Morgan fingerprint density at radius 2 is 0.820 bits per heavy atom. The van der Waals surface area contributed by atoms with E-state index in [0.29, 0.717) is 5.95 Å². The summed E-state index contributed by atoms with van der Waals surface area (Å²) in [7, 11) is 0. The number of hydrogen-bond donors (Lipinski definition) is 0. The summed E-state index contributed by atoms with van der Waals surface area (Å²) in [6.45, 7) is 0. The van der Waals surface area contributed by atoms with Gasteiger partial charge in [0.2, 0.25) is 5.95 Å². The van der Waals surface area contributed by atoms with Gasteiger partial charge in [0.15, 0.2) is 0 Å². The van der Waals surface area contributed by atoms with E-state index in [0.717, 1.165) is 49.4 Å². The lowest BCUT2D eigenvalue weighted by atomic mass is 9.98. The summed E-state index contributed by atoms with van der Waals surface area (Å²) in [5.74, 6) is 0.660. The third kappa shape index (κ3) is 3.76. The first-order valence-electron chi connectivity index (χ1n) is 17.0. The highest BCUT2D eigenvalue weighted by molar-refractivity contribution is 6.25. The summed E-state index contributed by atoms with van der Waals surface area (Å²) >= 11 is 0. The third-order valence-electron chi connectivity index (χ3n) is 10.4. The Labute approximate surface area is 287 Å². The van der Waals surface area contributed by atoms with Crippen molar-refractivity contribution in [3.05, 3.63) is 170 Å². The summed E-state index contributed by atoms with van der Waals surface area (Å²) in [6.07, 6.45) is 2.02. The van der Waals surface area contributed by atoms with Crippen molar-refractivity contribution in [3.8, 4) is 22.8 Å². The van der Waals surface area contributed by atoms with Gasteiger partial charge in [0.25, 0.3) is 0 Å². The van der Waals surface area contributed by atoms with Crippen LogP contribution in [0.2, 0.25) is 0 Å². The molecule has 0 unspecified atom stereocenters. The van der Waals surface area contributed by atoms with Crippen LogP contribution in [0.5, 0.6) is 0 Å². The zero-order valence-corrected chi connectivity index (χ0v) is 27.0. The molecule has 0 bridgehead atoms. The highest BCUT2D eigenvalue weighted by atomic mass is 15.2. The summed E-state index contributed by atoms with van der Waals surface area (Å²) in [4.78, 5) is 10.6. The van der Waals surface area contributed by atoms with Crippen molar-refractivity contribution in [1.29, 1.82) is 0 Å². The fraction of sp³-hybridized carbons (Fsp3) is 0. The molecule has 4 nitrogen and oxygen atoms in total. The number of nitrogens with zero attached hydrogens (tertiary/aromatic N) is 4. The van der Waals surface area contributed by atoms with Gasteiger partial charge in [-0.05, 0) is 51.6 Å². The first-order chi connectivity index (χ1) is 24.8. The lowest BCUT2D eigenvalue weighted by molar-refractivity contribution is 1.01. The number of fused-ring (bicyclic) bond motifs is 13. The quantitative estimate of drug-likeness (QED) is 0.181. The fourth-order valence-corrected chi connectivity index (χ4v) is 8.17. The molecule has 0 aliphatic rings. The van der Waals surface area contributed by atoms with E-state index in [4.69, 9.17) is 9.97 Å². The van der Waals surface area contributed by atoms with E-state index in [-0.39, 0.29) is 0 Å². The largest absolute Gasteiger partial charge is 0.307 e. The molecule has 50 heavy (non-hydrogen) atoms. The molecule has 0 radical (unpaired) electrons. The second-order valence-corrected chi connectivity index (χ2v) is 13.0. The van der Waals surface area contributed by atoms with Crippen molar-refractivity contribution in [1.82, 2.24) is 19.1 Å². The Kier molecular flexibility index (Phi) is 5.63. The molecule has 8 aromatic carbocycles. The summed E-state index contributed by atoms with van der Waals surface area (Å²) in [6, 6.07) is 58.6. The maximum Gasteiger partial charge on any atom is 0.235 e. The van der Waals surface area contributed by atoms with Crippen LogP contribution < -0.4 is 0 Å². The standard InChI is InChI=1S/C46H28N4/c1-2-12-29(13-3-1)30-22-24-31(25-23-30)49-41-20-10-8-17-35(41)38-26-27-39-36-18-9-11-21-42(36)50(45(39)44(38)49)46-47-28-40-34-16-5-4-14-32(34)33-15-6-7-19-37(33)43(40)48-46/h1-28H. The average Bonchev–Trinajstić information content (AvgIpc) is 3.71. The van der Waals surface area contributed by atoms with Crippen LogP contribution >= 0.6 is 0 Å². The van der Waals surface area contributed by atoms with Crippen LogP contribution in [0.15, 0.2) is 170 Å². The van der Waals surface area contributed by atoms with Crippen LogP contribution in [0.4, 0.5) is 0 Å². The Balaban J connectivity index is 1.27. The van der Waals surface area contributed by atoms with Gasteiger partial charge in [-0.25, -0.2) is 9.97 Å². The van der Waals surface area contributed by atoms with Gasteiger partial charge in [0.1, 0.15) is 0 Å². The molecule has 0 N–H and O–H groups in total. The molecule has 0 aliphatic heterocycles. The van der Waals surface area contributed by atoms with Gasteiger partial charge in [0, 0.05) is 44.2 Å². The van der Waals surface area contributed by atoms with E-state index < -0.39 is 0 Å². The second kappa shape index (κ2) is 10.4. The van der Waals surface area contributed by atoms with Crippen LogP contribution in [0.1, 0.15) is 0 Å². The molecule has 0 fully saturated rings. The van der Waals surface area contributed by atoms with Gasteiger partial charge >= 0.3 is 0 Å². The lowest BCUT2D eigenvalue weighted by Crippen LogP contribution is -2.03. The van der Waals surface area contributed by atoms with E-state index in [9.17, 15) is 0 Å². The number of benzene rings is 8. The molecule has 3 aromatic heterocycles. The van der Waals surface area contributed by atoms with Crippen LogP contribution in [0, 0.1) is 0 Å². The van der Waals surface area contributed by atoms with Gasteiger partial charge in [0.05, 0.1) is 27.6 Å². The Morgan fingerprint density at radius 1 is 0.340 bits per heavy atom. The number of aromatic nitrogens is 4. The van der Waals surface area contributed by atoms with Crippen LogP contribution in [0.25, 0.3) is 98.8 Å². The summed E-state index contributed by atoms with van der Waals surface area (Å²) in [5.41, 5.74) is 8.94. The van der Waals surface area contributed by atoms with Gasteiger partial charge in [-0.3, -0.25) is 4.57 Å². The lowest BCUT2D eigenvalue weighted by Gasteiger charge is -2.14. The second-order valence-electron chi connectivity index (χ2n) is 13.0. The molecular weight excluding hydrogens is 609 g/mol. The summed E-state index contributed by atoms with van der Waals surface area (Å²) < 4.78 is 4.70. The van der Waals surface area contributed by atoms with Crippen LogP contribution in [-0.4, -0.2) is 19.1 Å². The highest BCUT2D eigenvalue weighted by Crippen LogP contribution is 2.42. The monoisotopic (exact) mass is 636 g/mol. The van der Waals surface area contributed by atoms with Crippen molar-refractivity contribution in [2.45, 2.75) is 0 Å². The number of rotatable bonds is 3. The molecular formula is C46H28N4. The predicted molar refractivity (Wildman–Crippen MR) is 209 cm³/mol. The number of para-hydroxylation sites is 2. The van der Waals surface area contributed by atoms with E-state index in [1.54, 1.807) is 0 Å². The first-order valence-corrected chi connectivity index (χ1v) is 17.0. The molecule has 232 valence electrons. The zero-order valence-electron chi connectivity index (χ0n) is 27.0. The molecule has 11 rings (SSSR count). The van der Waals surface area contributed by atoms with Gasteiger partial charge < -0.3 is 4.57 Å². The smallest absolute Gasteiger partial charge is 0.235 e. The van der Waals surface area contributed by atoms with E-state index in [2.05, 4.69) is 173 Å².